The quantitative estimate of drug-likeness (QED) is 0.572. The molecule has 0 fully saturated rings. The normalized spacial score (nSPS) is 9.95. The Labute approximate surface area is 121 Å². The van der Waals surface area contributed by atoms with Gasteiger partial charge in [0.05, 0.1) is 11.3 Å². The number of non-ortho nitro benzene ring substituents is 1. The van der Waals surface area contributed by atoms with Crippen LogP contribution in [-0.4, -0.2) is 46.5 Å². The number of nitro benzene ring substituents is 1. The second-order valence-corrected chi connectivity index (χ2v) is 4.16. The number of nitro groups is 1. The van der Waals surface area contributed by atoms with Crippen LogP contribution in [0.3, 0.4) is 0 Å². The smallest absolute Gasteiger partial charge is 0.305 e. The minimum absolute atomic E-state index is 0.0645. The van der Waals surface area contributed by atoms with E-state index >= 15 is 0 Å². The molecule has 0 atom stereocenters. The lowest BCUT2D eigenvalue weighted by Gasteiger charge is -2.20. The van der Waals surface area contributed by atoms with Gasteiger partial charge >= 0.3 is 5.97 Å². The van der Waals surface area contributed by atoms with E-state index in [9.17, 15) is 19.7 Å². The van der Waals surface area contributed by atoms with E-state index < -0.39 is 10.9 Å². The molecular weight excluding hydrogens is 280 g/mol. The number of hydrogen-bond acceptors (Lipinski definition) is 5. The molecule has 114 valence electrons. The van der Waals surface area contributed by atoms with E-state index in [1.807, 2.05) is 0 Å². The summed E-state index contributed by atoms with van der Waals surface area (Å²) >= 11 is 0. The fourth-order valence-corrected chi connectivity index (χ4v) is 1.59. The summed E-state index contributed by atoms with van der Waals surface area (Å²) in [6, 6.07) is 5.36. The number of nitrogens with zero attached hydrogens (tertiary/aromatic N) is 2. The van der Waals surface area contributed by atoms with E-state index in [0.717, 1.165) is 0 Å². The highest BCUT2D eigenvalue weighted by atomic mass is 16.6. The number of amides is 1. The van der Waals surface area contributed by atoms with Crippen LogP contribution in [0.25, 0.3) is 0 Å². The van der Waals surface area contributed by atoms with Gasteiger partial charge in [-0.1, -0.05) is 0 Å². The first-order valence-electron chi connectivity index (χ1n) is 6.31. The van der Waals surface area contributed by atoms with Gasteiger partial charge in [-0.3, -0.25) is 19.7 Å². The SMILES string of the molecule is CCN(CCC(=O)O)C(=O)COc1ccc([N+](=O)[O-])cc1. The molecular formula is C13H16N2O6. The van der Waals surface area contributed by atoms with E-state index in [4.69, 9.17) is 9.84 Å². The van der Waals surface area contributed by atoms with Crippen molar-refractivity contribution < 1.29 is 24.4 Å². The van der Waals surface area contributed by atoms with Crippen LogP contribution in [0.15, 0.2) is 24.3 Å². The molecule has 0 saturated heterocycles. The number of carboxylic acid groups (broad SMARTS) is 1. The lowest BCUT2D eigenvalue weighted by atomic mass is 10.3. The zero-order valence-corrected chi connectivity index (χ0v) is 11.5. The van der Waals surface area contributed by atoms with Crippen molar-refractivity contribution in [2.24, 2.45) is 0 Å². The average molecular weight is 296 g/mol. The molecule has 1 amide bonds. The van der Waals surface area contributed by atoms with E-state index in [-0.39, 0.29) is 31.2 Å². The fourth-order valence-electron chi connectivity index (χ4n) is 1.59. The van der Waals surface area contributed by atoms with Gasteiger partial charge in [-0.25, -0.2) is 0 Å². The highest BCUT2D eigenvalue weighted by Gasteiger charge is 2.14. The molecule has 0 spiro atoms. The van der Waals surface area contributed by atoms with Gasteiger partial charge in [0.25, 0.3) is 11.6 Å². The van der Waals surface area contributed by atoms with Gasteiger partial charge in [0, 0.05) is 25.2 Å². The topological polar surface area (TPSA) is 110 Å². The minimum atomic E-state index is -0.975. The minimum Gasteiger partial charge on any atom is -0.484 e. The summed E-state index contributed by atoms with van der Waals surface area (Å²) in [7, 11) is 0. The van der Waals surface area contributed by atoms with Crippen LogP contribution in [-0.2, 0) is 9.59 Å². The molecule has 21 heavy (non-hydrogen) atoms. The van der Waals surface area contributed by atoms with E-state index in [0.29, 0.717) is 12.3 Å². The standard InChI is InChI=1S/C13H16N2O6/c1-2-14(8-7-13(17)18)12(16)9-21-11-5-3-10(4-6-11)15(19)20/h3-6H,2,7-9H2,1H3,(H,17,18). The maximum Gasteiger partial charge on any atom is 0.305 e. The van der Waals surface area contributed by atoms with Gasteiger partial charge in [-0.15, -0.1) is 0 Å². The zero-order chi connectivity index (χ0) is 15.8. The second kappa shape index (κ2) is 7.83. The van der Waals surface area contributed by atoms with E-state index in [1.165, 1.54) is 29.2 Å². The van der Waals surface area contributed by atoms with Crippen molar-refractivity contribution in [2.45, 2.75) is 13.3 Å². The van der Waals surface area contributed by atoms with Crippen molar-refractivity contribution in [1.29, 1.82) is 0 Å². The summed E-state index contributed by atoms with van der Waals surface area (Å²) in [6.07, 6.45) is -0.128. The molecule has 0 saturated carbocycles. The molecule has 1 rings (SSSR count). The molecule has 0 heterocycles. The van der Waals surface area contributed by atoms with Crippen LogP contribution in [0, 0.1) is 10.1 Å². The highest BCUT2D eigenvalue weighted by molar-refractivity contribution is 5.78. The number of benzene rings is 1. The van der Waals surface area contributed by atoms with Gasteiger partial charge in [0.15, 0.2) is 6.61 Å². The van der Waals surface area contributed by atoms with Gasteiger partial charge < -0.3 is 14.7 Å². The van der Waals surface area contributed by atoms with Crippen molar-refractivity contribution in [1.82, 2.24) is 4.90 Å². The third-order valence-electron chi connectivity index (χ3n) is 2.74. The average Bonchev–Trinajstić information content (AvgIpc) is 2.45. The monoisotopic (exact) mass is 296 g/mol. The van der Waals surface area contributed by atoms with Crippen LogP contribution in [0.1, 0.15) is 13.3 Å². The molecule has 1 aromatic rings. The predicted molar refractivity (Wildman–Crippen MR) is 73.1 cm³/mol. The van der Waals surface area contributed by atoms with Crippen LogP contribution in [0.4, 0.5) is 5.69 Å². The number of hydrogen-bond donors (Lipinski definition) is 1. The Kier molecular flexibility index (Phi) is 6.12. The van der Waals surface area contributed by atoms with Crippen molar-refractivity contribution >= 4 is 17.6 Å². The summed E-state index contributed by atoms with van der Waals surface area (Å²) in [5.41, 5.74) is -0.0645. The molecule has 0 aliphatic carbocycles. The second-order valence-electron chi connectivity index (χ2n) is 4.16. The van der Waals surface area contributed by atoms with Crippen LogP contribution in [0.2, 0.25) is 0 Å². The van der Waals surface area contributed by atoms with Crippen LogP contribution < -0.4 is 4.74 Å². The summed E-state index contributed by atoms with van der Waals surface area (Å²) < 4.78 is 5.23. The molecule has 8 nitrogen and oxygen atoms in total. The lowest BCUT2D eigenvalue weighted by Crippen LogP contribution is -2.36. The molecule has 0 aromatic heterocycles. The Hall–Kier alpha value is -2.64. The zero-order valence-electron chi connectivity index (χ0n) is 11.5. The summed E-state index contributed by atoms with van der Waals surface area (Å²) in [6.45, 7) is 2.00. The number of ether oxygens (including phenoxy) is 1. The third-order valence-corrected chi connectivity index (χ3v) is 2.74. The number of carboxylic acids is 1. The first-order chi connectivity index (χ1) is 9.93. The Balaban J connectivity index is 2.50. The number of rotatable bonds is 8. The Bertz CT molecular complexity index is 514. The van der Waals surface area contributed by atoms with Crippen molar-refractivity contribution in [3.05, 3.63) is 34.4 Å². The third kappa shape index (κ3) is 5.47. The molecule has 0 unspecified atom stereocenters. The number of aliphatic carboxylic acids is 1. The summed E-state index contributed by atoms with van der Waals surface area (Å²) in [5, 5.41) is 19.1. The predicted octanol–water partition coefficient (Wildman–Crippen LogP) is 1.30. The number of likely N-dealkylation sites (N-methyl/N-ethyl adjacent to an activating group) is 1. The Morgan fingerprint density at radius 1 is 1.33 bits per heavy atom. The largest absolute Gasteiger partial charge is 0.484 e. The van der Waals surface area contributed by atoms with E-state index in [2.05, 4.69) is 0 Å². The van der Waals surface area contributed by atoms with Crippen molar-refractivity contribution in [2.75, 3.05) is 19.7 Å². The van der Waals surface area contributed by atoms with Gasteiger partial charge in [-0.2, -0.15) is 0 Å². The summed E-state index contributed by atoms with van der Waals surface area (Å²) in [4.78, 5) is 33.7. The molecule has 0 radical (unpaired) electrons. The molecule has 1 aromatic carbocycles. The van der Waals surface area contributed by atoms with Gasteiger partial charge in [-0.05, 0) is 19.1 Å². The number of carbonyl (C=O) groups excluding carboxylic acids is 1. The molecule has 0 aliphatic heterocycles. The maximum atomic E-state index is 11.8. The first-order valence-corrected chi connectivity index (χ1v) is 6.31. The Morgan fingerprint density at radius 3 is 2.43 bits per heavy atom. The van der Waals surface area contributed by atoms with Crippen LogP contribution in [0.5, 0.6) is 5.75 Å². The van der Waals surface area contributed by atoms with Gasteiger partial charge in [0.1, 0.15) is 5.75 Å². The molecule has 1 N–H and O–H groups in total. The first kappa shape index (κ1) is 16.4. The lowest BCUT2D eigenvalue weighted by molar-refractivity contribution is -0.384. The molecule has 0 aliphatic rings. The molecule has 0 bridgehead atoms. The van der Waals surface area contributed by atoms with Crippen molar-refractivity contribution in [3.63, 3.8) is 0 Å². The maximum absolute atomic E-state index is 11.8. The van der Waals surface area contributed by atoms with Crippen LogP contribution >= 0.6 is 0 Å². The highest BCUT2D eigenvalue weighted by Crippen LogP contribution is 2.17. The fraction of sp³-hybridized carbons (Fsp3) is 0.385. The molecule has 8 heteroatoms. The Morgan fingerprint density at radius 2 is 1.95 bits per heavy atom. The summed E-state index contributed by atoms with van der Waals surface area (Å²) in [5.74, 6) is -0.974. The van der Waals surface area contributed by atoms with Gasteiger partial charge in [0.2, 0.25) is 0 Å². The number of carbonyl (C=O) groups is 2. The van der Waals surface area contributed by atoms with E-state index in [1.54, 1.807) is 6.92 Å². The van der Waals surface area contributed by atoms with Crippen molar-refractivity contribution in [3.8, 4) is 5.75 Å².